The molecule has 0 aliphatic heterocycles. The van der Waals surface area contributed by atoms with Gasteiger partial charge in [0.2, 0.25) is 0 Å². The third-order valence-corrected chi connectivity index (χ3v) is 4.06. The van der Waals surface area contributed by atoms with Crippen molar-refractivity contribution in [3.63, 3.8) is 0 Å². The molecule has 3 heteroatoms. The topological polar surface area (TPSA) is 37.5 Å². The summed E-state index contributed by atoms with van der Waals surface area (Å²) in [6.45, 7) is 2.25. The number of aliphatic hydroxyl groups is 1. The van der Waals surface area contributed by atoms with Crippen LogP contribution in [0.1, 0.15) is 76.5 Å². The van der Waals surface area contributed by atoms with Gasteiger partial charge in [0.1, 0.15) is 5.65 Å². The predicted molar refractivity (Wildman–Crippen MR) is 87.4 cm³/mol. The fraction of sp³-hybridized carbons (Fsp3) is 0.611. The summed E-state index contributed by atoms with van der Waals surface area (Å²) in [4.78, 5) is 4.47. The number of fused-ring (bicyclic) bond motifs is 1. The zero-order chi connectivity index (χ0) is 14.9. The molecule has 0 saturated heterocycles. The summed E-state index contributed by atoms with van der Waals surface area (Å²) in [5.74, 6) is 0. The molecule has 0 radical (unpaired) electrons. The normalized spacial score (nSPS) is 12.9. The Morgan fingerprint density at radius 3 is 2.48 bits per heavy atom. The van der Waals surface area contributed by atoms with Crippen LogP contribution in [-0.4, -0.2) is 14.5 Å². The number of rotatable bonds is 10. The second-order valence-electron chi connectivity index (χ2n) is 5.91. The summed E-state index contributed by atoms with van der Waals surface area (Å²) in [5, 5.41) is 10.2. The lowest BCUT2D eigenvalue weighted by atomic mass is 10.0. The molecule has 116 valence electrons. The number of aliphatic hydroxyl groups excluding tert-OH is 1. The van der Waals surface area contributed by atoms with E-state index in [9.17, 15) is 5.11 Å². The van der Waals surface area contributed by atoms with Gasteiger partial charge in [-0.3, -0.25) is 0 Å². The Morgan fingerprint density at radius 1 is 1.05 bits per heavy atom. The van der Waals surface area contributed by atoms with Gasteiger partial charge in [-0.25, -0.2) is 4.98 Å². The Balaban J connectivity index is 1.64. The maximum Gasteiger partial charge on any atom is 0.137 e. The van der Waals surface area contributed by atoms with E-state index in [1.807, 2.05) is 35.0 Å². The van der Waals surface area contributed by atoms with Gasteiger partial charge in [0.25, 0.3) is 0 Å². The molecule has 0 aliphatic rings. The van der Waals surface area contributed by atoms with E-state index in [0.29, 0.717) is 0 Å². The Labute approximate surface area is 128 Å². The summed E-state index contributed by atoms with van der Waals surface area (Å²) in [5.41, 5.74) is 1.70. The Bertz CT molecular complexity index is 488. The summed E-state index contributed by atoms with van der Waals surface area (Å²) in [6.07, 6.45) is 14.6. The van der Waals surface area contributed by atoms with Crippen LogP contribution in [0.25, 0.3) is 5.65 Å². The molecule has 2 aromatic heterocycles. The summed E-state index contributed by atoms with van der Waals surface area (Å²) < 4.78 is 1.96. The highest BCUT2D eigenvalue weighted by Gasteiger charge is 2.11. The van der Waals surface area contributed by atoms with E-state index in [4.69, 9.17) is 0 Å². The van der Waals surface area contributed by atoms with E-state index in [2.05, 4.69) is 11.9 Å². The summed E-state index contributed by atoms with van der Waals surface area (Å²) >= 11 is 0. The summed E-state index contributed by atoms with van der Waals surface area (Å²) in [7, 11) is 0. The number of unbranched alkanes of at least 4 members (excludes halogenated alkanes) is 7. The van der Waals surface area contributed by atoms with Crippen LogP contribution in [0.4, 0.5) is 0 Å². The average Bonchev–Trinajstić information content (AvgIpc) is 2.94. The van der Waals surface area contributed by atoms with E-state index in [1.165, 1.54) is 44.9 Å². The molecule has 0 fully saturated rings. The minimum atomic E-state index is -0.426. The molecule has 3 nitrogen and oxygen atoms in total. The van der Waals surface area contributed by atoms with E-state index in [-0.39, 0.29) is 0 Å². The number of imidazole rings is 1. The van der Waals surface area contributed by atoms with Crippen LogP contribution in [0.15, 0.2) is 30.6 Å². The first-order valence-corrected chi connectivity index (χ1v) is 8.43. The van der Waals surface area contributed by atoms with Gasteiger partial charge in [0, 0.05) is 12.4 Å². The van der Waals surface area contributed by atoms with Crippen LogP contribution in [0.2, 0.25) is 0 Å². The SMILES string of the molecule is CCCCCCCCCCC(O)c1cn2ccccc2n1. The smallest absolute Gasteiger partial charge is 0.137 e. The second kappa shape index (κ2) is 8.83. The highest BCUT2D eigenvalue weighted by molar-refractivity contribution is 5.39. The van der Waals surface area contributed by atoms with Crippen LogP contribution < -0.4 is 0 Å². The summed E-state index contributed by atoms with van der Waals surface area (Å²) in [6, 6.07) is 5.91. The van der Waals surface area contributed by atoms with Gasteiger partial charge in [0.05, 0.1) is 11.8 Å². The van der Waals surface area contributed by atoms with E-state index in [0.717, 1.165) is 24.2 Å². The lowest BCUT2D eigenvalue weighted by molar-refractivity contribution is 0.159. The third-order valence-electron chi connectivity index (χ3n) is 4.06. The van der Waals surface area contributed by atoms with Gasteiger partial charge < -0.3 is 9.51 Å². The highest BCUT2D eigenvalue weighted by atomic mass is 16.3. The molecule has 0 aliphatic carbocycles. The van der Waals surface area contributed by atoms with Crippen molar-refractivity contribution >= 4 is 5.65 Å². The predicted octanol–water partition coefficient (Wildman–Crippen LogP) is 4.90. The Kier molecular flexibility index (Phi) is 6.74. The van der Waals surface area contributed by atoms with Gasteiger partial charge in [-0.15, -0.1) is 0 Å². The van der Waals surface area contributed by atoms with Crippen molar-refractivity contribution in [1.82, 2.24) is 9.38 Å². The molecular formula is C18H28N2O. The largest absolute Gasteiger partial charge is 0.387 e. The first-order chi connectivity index (χ1) is 10.3. The van der Waals surface area contributed by atoms with Crippen LogP contribution >= 0.6 is 0 Å². The second-order valence-corrected chi connectivity index (χ2v) is 5.91. The lowest BCUT2D eigenvalue weighted by Gasteiger charge is -2.07. The fourth-order valence-corrected chi connectivity index (χ4v) is 2.73. The maximum atomic E-state index is 10.2. The molecule has 21 heavy (non-hydrogen) atoms. The molecule has 1 unspecified atom stereocenters. The quantitative estimate of drug-likeness (QED) is 0.631. The standard InChI is InChI=1S/C18H28N2O/c1-2-3-4-5-6-7-8-9-12-17(21)16-15-20-14-11-10-13-18(20)19-16/h10-11,13-15,17,21H,2-9,12H2,1H3. The monoisotopic (exact) mass is 288 g/mol. The van der Waals surface area contributed by atoms with Crippen LogP contribution in [0, 0.1) is 0 Å². The molecule has 2 aromatic rings. The van der Waals surface area contributed by atoms with E-state index >= 15 is 0 Å². The third kappa shape index (κ3) is 5.16. The molecule has 0 saturated carbocycles. The molecular weight excluding hydrogens is 260 g/mol. The molecule has 0 aromatic carbocycles. The average molecular weight is 288 g/mol. The first kappa shape index (κ1) is 16.0. The molecule has 1 N–H and O–H groups in total. The van der Waals surface area contributed by atoms with Crippen molar-refractivity contribution in [1.29, 1.82) is 0 Å². The number of hydrogen-bond donors (Lipinski definition) is 1. The van der Waals surface area contributed by atoms with E-state index < -0.39 is 6.10 Å². The number of nitrogens with zero attached hydrogens (tertiary/aromatic N) is 2. The van der Waals surface area contributed by atoms with Gasteiger partial charge in [-0.05, 0) is 18.6 Å². The van der Waals surface area contributed by atoms with Crippen molar-refractivity contribution in [3.05, 3.63) is 36.3 Å². The van der Waals surface area contributed by atoms with Gasteiger partial charge in [-0.1, -0.05) is 64.4 Å². The fourth-order valence-electron chi connectivity index (χ4n) is 2.73. The first-order valence-electron chi connectivity index (χ1n) is 8.43. The maximum absolute atomic E-state index is 10.2. The van der Waals surface area contributed by atoms with Crippen LogP contribution in [0.5, 0.6) is 0 Å². The lowest BCUT2D eigenvalue weighted by Crippen LogP contribution is -1.97. The number of pyridine rings is 1. The minimum Gasteiger partial charge on any atom is -0.387 e. The highest BCUT2D eigenvalue weighted by Crippen LogP contribution is 2.20. The van der Waals surface area contributed by atoms with E-state index in [1.54, 1.807) is 0 Å². The van der Waals surface area contributed by atoms with Crippen LogP contribution in [0.3, 0.4) is 0 Å². The Hall–Kier alpha value is -1.35. The molecule has 2 rings (SSSR count). The molecule has 1 atom stereocenters. The Morgan fingerprint density at radius 2 is 1.76 bits per heavy atom. The number of hydrogen-bond acceptors (Lipinski definition) is 2. The van der Waals surface area contributed by atoms with Crippen molar-refractivity contribution < 1.29 is 5.11 Å². The van der Waals surface area contributed by atoms with Gasteiger partial charge >= 0.3 is 0 Å². The van der Waals surface area contributed by atoms with Crippen molar-refractivity contribution in [2.45, 2.75) is 70.8 Å². The molecule has 0 spiro atoms. The minimum absolute atomic E-state index is 0.426. The van der Waals surface area contributed by atoms with Crippen molar-refractivity contribution in [2.75, 3.05) is 0 Å². The van der Waals surface area contributed by atoms with Gasteiger partial charge in [-0.2, -0.15) is 0 Å². The molecule has 2 heterocycles. The molecule has 0 amide bonds. The van der Waals surface area contributed by atoms with Gasteiger partial charge in [0.15, 0.2) is 0 Å². The number of aromatic nitrogens is 2. The zero-order valence-corrected chi connectivity index (χ0v) is 13.2. The van der Waals surface area contributed by atoms with Crippen molar-refractivity contribution in [3.8, 4) is 0 Å². The van der Waals surface area contributed by atoms with Crippen LogP contribution in [-0.2, 0) is 0 Å². The zero-order valence-electron chi connectivity index (χ0n) is 13.2. The van der Waals surface area contributed by atoms with Crippen molar-refractivity contribution in [2.24, 2.45) is 0 Å². The molecule has 0 bridgehead atoms.